The molecule has 0 radical (unpaired) electrons. The molecule has 0 spiro atoms. The standard InChI is InChI=1S/C19H12ClF2N5O2/c20-12-4-1-10(2-5-12)16-8-27-15(9-28-16)17(24-26-27)19-23-18(25-29-19)11-3-6-13(21)14(22)7-11/h1-7,16H,8-9H2/t16-/m1/s1. The predicted octanol–water partition coefficient (Wildman–Crippen LogP) is 4.20. The molecule has 7 nitrogen and oxygen atoms in total. The molecule has 0 N–H and O–H groups in total. The molecule has 2 aromatic carbocycles. The monoisotopic (exact) mass is 415 g/mol. The van der Waals surface area contributed by atoms with Crippen LogP contribution in [0.4, 0.5) is 8.78 Å². The summed E-state index contributed by atoms with van der Waals surface area (Å²) in [6, 6.07) is 10.8. The molecule has 4 aromatic rings. The van der Waals surface area contributed by atoms with Crippen LogP contribution in [0.1, 0.15) is 17.4 Å². The molecule has 29 heavy (non-hydrogen) atoms. The number of hydrogen-bond donors (Lipinski definition) is 0. The minimum atomic E-state index is -0.989. The molecule has 0 saturated carbocycles. The first-order chi connectivity index (χ1) is 14.1. The van der Waals surface area contributed by atoms with Crippen LogP contribution in [-0.2, 0) is 17.9 Å². The van der Waals surface area contributed by atoms with Gasteiger partial charge in [-0.05, 0) is 35.9 Å². The second-order valence-electron chi connectivity index (χ2n) is 6.47. The Kier molecular flexibility index (Phi) is 4.33. The molecule has 0 amide bonds. The van der Waals surface area contributed by atoms with E-state index in [9.17, 15) is 8.78 Å². The van der Waals surface area contributed by atoms with Gasteiger partial charge in [-0.15, -0.1) is 5.10 Å². The second-order valence-corrected chi connectivity index (χ2v) is 6.91. The molecule has 0 bridgehead atoms. The quantitative estimate of drug-likeness (QED) is 0.499. The third-order valence-electron chi connectivity index (χ3n) is 4.65. The fourth-order valence-electron chi connectivity index (χ4n) is 3.13. The summed E-state index contributed by atoms with van der Waals surface area (Å²) in [5.41, 5.74) is 2.35. The Morgan fingerprint density at radius 2 is 1.90 bits per heavy atom. The largest absolute Gasteiger partial charge is 0.365 e. The minimum absolute atomic E-state index is 0.122. The lowest BCUT2D eigenvalue weighted by molar-refractivity contribution is -0.00117. The Morgan fingerprint density at radius 1 is 1.07 bits per heavy atom. The maximum Gasteiger partial charge on any atom is 0.280 e. The van der Waals surface area contributed by atoms with Crippen LogP contribution in [0, 0.1) is 11.6 Å². The molecule has 5 rings (SSSR count). The first kappa shape index (κ1) is 17.9. The summed E-state index contributed by atoms with van der Waals surface area (Å²) >= 11 is 5.93. The van der Waals surface area contributed by atoms with E-state index in [0.717, 1.165) is 17.7 Å². The van der Waals surface area contributed by atoms with Gasteiger partial charge in [-0.2, -0.15) is 4.98 Å². The normalized spacial score (nSPS) is 16.0. The topological polar surface area (TPSA) is 78.9 Å². The smallest absolute Gasteiger partial charge is 0.280 e. The van der Waals surface area contributed by atoms with Gasteiger partial charge in [0.2, 0.25) is 5.82 Å². The number of nitrogens with zero attached hydrogens (tertiary/aromatic N) is 5. The van der Waals surface area contributed by atoms with E-state index in [-0.39, 0.29) is 24.4 Å². The highest BCUT2D eigenvalue weighted by Gasteiger charge is 2.28. The fraction of sp³-hybridized carbons (Fsp3) is 0.158. The van der Waals surface area contributed by atoms with Gasteiger partial charge in [-0.25, -0.2) is 13.5 Å². The van der Waals surface area contributed by atoms with Crippen LogP contribution in [0.15, 0.2) is 47.0 Å². The van der Waals surface area contributed by atoms with Crippen molar-refractivity contribution in [1.82, 2.24) is 25.1 Å². The molecule has 1 aliphatic heterocycles. The zero-order chi connectivity index (χ0) is 20.0. The summed E-state index contributed by atoms with van der Waals surface area (Å²) in [6.07, 6.45) is -0.185. The second kappa shape index (κ2) is 7.02. The van der Waals surface area contributed by atoms with Crippen molar-refractivity contribution in [3.05, 3.63) is 70.4 Å². The number of fused-ring (bicyclic) bond motifs is 1. The van der Waals surface area contributed by atoms with Gasteiger partial charge >= 0.3 is 0 Å². The van der Waals surface area contributed by atoms with E-state index in [1.54, 1.807) is 16.8 Å². The van der Waals surface area contributed by atoms with E-state index in [2.05, 4.69) is 20.5 Å². The zero-order valence-corrected chi connectivity index (χ0v) is 15.5. The number of rotatable bonds is 3. The van der Waals surface area contributed by atoms with Gasteiger partial charge in [0.25, 0.3) is 5.89 Å². The van der Waals surface area contributed by atoms with Gasteiger partial charge in [0.15, 0.2) is 17.3 Å². The van der Waals surface area contributed by atoms with Gasteiger partial charge < -0.3 is 9.26 Å². The average Bonchev–Trinajstić information content (AvgIpc) is 3.37. The summed E-state index contributed by atoms with van der Waals surface area (Å²) in [5, 5.41) is 12.8. The van der Waals surface area contributed by atoms with Crippen molar-refractivity contribution >= 4 is 11.6 Å². The zero-order valence-electron chi connectivity index (χ0n) is 14.7. The van der Waals surface area contributed by atoms with E-state index in [0.29, 0.717) is 28.5 Å². The van der Waals surface area contributed by atoms with E-state index in [1.807, 2.05) is 12.1 Å². The van der Waals surface area contributed by atoms with Crippen LogP contribution < -0.4 is 0 Å². The van der Waals surface area contributed by atoms with E-state index < -0.39 is 11.6 Å². The van der Waals surface area contributed by atoms with Gasteiger partial charge in [0, 0.05) is 10.6 Å². The molecule has 10 heteroatoms. The lowest BCUT2D eigenvalue weighted by Gasteiger charge is -2.24. The molecule has 3 heterocycles. The van der Waals surface area contributed by atoms with Crippen molar-refractivity contribution in [3.8, 4) is 23.0 Å². The van der Waals surface area contributed by atoms with Crippen LogP contribution in [0.3, 0.4) is 0 Å². The maximum atomic E-state index is 13.5. The number of halogens is 3. The van der Waals surface area contributed by atoms with Gasteiger partial charge in [-0.3, -0.25) is 0 Å². The molecule has 146 valence electrons. The van der Waals surface area contributed by atoms with Crippen molar-refractivity contribution in [1.29, 1.82) is 0 Å². The number of aromatic nitrogens is 5. The number of hydrogen-bond acceptors (Lipinski definition) is 6. The molecule has 0 fully saturated rings. The third-order valence-corrected chi connectivity index (χ3v) is 4.90. The highest BCUT2D eigenvalue weighted by molar-refractivity contribution is 6.30. The number of benzene rings is 2. The summed E-state index contributed by atoms with van der Waals surface area (Å²) < 4.78 is 39.5. The van der Waals surface area contributed by atoms with Crippen LogP contribution in [0.2, 0.25) is 5.02 Å². The first-order valence-electron chi connectivity index (χ1n) is 8.67. The van der Waals surface area contributed by atoms with E-state index >= 15 is 0 Å². The molecule has 0 unspecified atom stereocenters. The Labute approximate surface area is 167 Å². The summed E-state index contributed by atoms with van der Waals surface area (Å²) in [5.74, 6) is -1.69. The molecular weight excluding hydrogens is 404 g/mol. The summed E-state index contributed by atoms with van der Waals surface area (Å²) in [7, 11) is 0. The molecule has 0 saturated heterocycles. The van der Waals surface area contributed by atoms with Crippen molar-refractivity contribution in [3.63, 3.8) is 0 Å². The Bertz CT molecular complexity index is 1190. The van der Waals surface area contributed by atoms with Crippen molar-refractivity contribution in [2.75, 3.05) is 0 Å². The molecule has 2 aromatic heterocycles. The van der Waals surface area contributed by atoms with Gasteiger partial charge in [0.05, 0.1) is 18.8 Å². The average molecular weight is 416 g/mol. The molecule has 1 aliphatic rings. The highest BCUT2D eigenvalue weighted by Crippen LogP contribution is 2.31. The van der Waals surface area contributed by atoms with Crippen LogP contribution in [-0.4, -0.2) is 25.1 Å². The lowest BCUT2D eigenvalue weighted by Crippen LogP contribution is -2.22. The van der Waals surface area contributed by atoms with Gasteiger partial charge in [-0.1, -0.05) is 34.1 Å². The maximum absolute atomic E-state index is 13.5. The molecule has 0 aliphatic carbocycles. The highest BCUT2D eigenvalue weighted by atomic mass is 35.5. The Morgan fingerprint density at radius 3 is 2.69 bits per heavy atom. The van der Waals surface area contributed by atoms with E-state index in [4.69, 9.17) is 20.9 Å². The lowest BCUT2D eigenvalue weighted by atomic mass is 10.1. The summed E-state index contributed by atoms with van der Waals surface area (Å²) in [4.78, 5) is 4.24. The third kappa shape index (κ3) is 3.28. The summed E-state index contributed by atoms with van der Waals surface area (Å²) in [6.45, 7) is 0.715. The SMILES string of the molecule is Fc1ccc(-c2noc(-c3nnn4c3CO[C@@H](c3ccc(Cl)cc3)C4)n2)cc1F. The Balaban J connectivity index is 1.41. The fourth-order valence-corrected chi connectivity index (χ4v) is 3.25. The van der Waals surface area contributed by atoms with E-state index in [1.165, 1.54) is 6.07 Å². The molecule has 1 atom stereocenters. The van der Waals surface area contributed by atoms with Crippen molar-refractivity contribution in [2.45, 2.75) is 19.3 Å². The van der Waals surface area contributed by atoms with Crippen LogP contribution in [0.5, 0.6) is 0 Å². The predicted molar refractivity (Wildman–Crippen MR) is 97.6 cm³/mol. The van der Waals surface area contributed by atoms with Crippen molar-refractivity contribution < 1.29 is 18.0 Å². The number of ether oxygens (including phenoxy) is 1. The molecular formula is C19H12ClF2N5O2. The first-order valence-corrected chi connectivity index (χ1v) is 9.05. The van der Waals surface area contributed by atoms with Gasteiger partial charge in [0.1, 0.15) is 6.10 Å². The van der Waals surface area contributed by atoms with Crippen LogP contribution >= 0.6 is 11.6 Å². The van der Waals surface area contributed by atoms with Crippen LogP contribution in [0.25, 0.3) is 23.0 Å². The Hall–Kier alpha value is -3.17. The van der Waals surface area contributed by atoms with Crippen molar-refractivity contribution in [2.24, 2.45) is 0 Å². The minimum Gasteiger partial charge on any atom is -0.365 e.